The van der Waals surface area contributed by atoms with Crippen LogP contribution in [0.15, 0.2) is 83.6 Å². The molecule has 0 aliphatic carbocycles. The van der Waals surface area contributed by atoms with Crippen LogP contribution in [-0.4, -0.2) is 23.5 Å². The van der Waals surface area contributed by atoms with Crippen LogP contribution < -0.4 is 26.8 Å². The van der Waals surface area contributed by atoms with Gasteiger partial charge in [0.15, 0.2) is 0 Å². The van der Waals surface area contributed by atoms with Gasteiger partial charge < -0.3 is 15.2 Å². The number of allylic oxidation sites excluding steroid dienone is 2. The number of aryl methyl sites for hydroxylation is 1. The van der Waals surface area contributed by atoms with E-state index in [1.165, 1.54) is 12.0 Å². The van der Waals surface area contributed by atoms with Gasteiger partial charge in [-0.15, -0.1) is 13.2 Å². The molecule has 1 aromatic heterocycles. The molecule has 0 saturated carbocycles. The minimum atomic E-state index is -0.0848. The minimum Gasteiger partial charge on any atom is -0.344 e. The molecule has 1 unspecified atom stereocenters. The van der Waals surface area contributed by atoms with Gasteiger partial charge in [0.25, 0.3) is 5.56 Å². The summed E-state index contributed by atoms with van der Waals surface area (Å²) in [5.74, 6) is 1.42. The second-order valence-electron chi connectivity index (χ2n) is 9.68. The van der Waals surface area contributed by atoms with E-state index in [9.17, 15) is 4.79 Å². The largest absolute Gasteiger partial charge is 0.344 e. The molecule has 1 atom stereocenters. The van der Waals surface area contributed by atoms with Gasteiger partial charge in [0, 0.05) is 47.5 Å². The maximum Gasteiger partial charge on any atom is 0.258 e. The maximum atomic E-state index is 13.2. The smallest absolute Gasteiger partial charge is 0.258 e. The van der Waals surface area contributed by atoms with Crippen molar-refractivity contribution in [2.24, 2.45) is 12.0 Å². The van der Waals surface area contributed by atoms with Crippen LogP contribution in [0.5, 0.6) is 0 Å². The molecule has 4 rings (SSSR count). The minimum absolute atomic E-state index is 0.0717. The van der Waals surface area contributed by atoms with Crippen LogP contribution in [0.2, 0.25) is 0 Å². The van der Waals surface area contributed by atoms with Gasteiger partial charge in [0.1, 0.15) is 5.84 Å². The van der Waals surface area contributed by atoms with Crippen LogP contribution in [-0.2, 0) is 7.05 Å². The van der Waals surface area contributed by atoms with Gasteiger partial charge in [-0.2, -0.15) is 0 Å². The normalized spacial score (nSPS) is 16.3. The van der Waals surface area contributed by atoms with Gasteiger partial charge in [0.2, 0.25) is 0 Å². The zero-order valence-corrected chi connectivity index (χ0v) is 22.1. The summed E-state index contributed by atoms with van der Waals surface area (Å²) in [6.07, 6.45) is 6.67. The van der Waals surface area contributed by atoms with Crippen molar-refractivity contribution < 1.29 is 0 Å². The Labute approximate surface area is 219 Å². The van der Waals surface area contributed by atoms with Crippen molar-refractivity contribution in [3.8, 4) is 11.1 Å². The van der Waals surface area contributed by atoms with Crippen molar-refractivity contribution in [2.75, 3.05) is 18.4 Å². The van der Waals surface area contributed by atoms with E-state index < -0.39 is 0 Å². The molecule has 37 heavy (non-hydrogen) atoms. The first kappa shape index (κ1) is 26.1. The first-order chi connectivity index (χ1) is 17.8. The third-order valence-corrected chi connectivity index (χ3v) is 7.17. The van der Waals surface area contributed by atoms with Gasteiger partial charge in [0.05, 0.1) is 0 Å². The van der Waals surface area contributed by atoms with E-state index in [1.807, 2.05) is 44.2 Å². The topological polar surface area (TPSA) is 58.4 Å². The summed E-state index contributed by atoms with van der Waals surface area (Å²) in [5, 5.41) is 8.19. The molecule has 1 aliphatic heterocycles. The zero-order valence-electron chi connectivity index (χ0n) is 22.1. The molecule has 0 amide bonds. The lowest BCUT2D eigenvalue weighted by Crippen LogP contribution is -2.41. The summed E-state index contributed by atoms with van der Waals surface area (Å²) >= 11 is 0. The molecule has 1 fully saturated rings. The number of amidine groups is 1. The van der Waals surface area contributed by atoms with Gasteiger partial charge in [-0.3, -0.25) is 4.79 Å². The van der Waals surface area contributed by atoms with Crippen LogP contribution in [0, 0.1) is 6.92 Å². The predicted octanol–water partition coefficient (Wildman–Crippen LogP) is 4.57. The molecule has 2 aromatic carbocycles. The number of nitrogens with one attached hydrogen (secondary N) is 2. The lowest BCUT2D eigenvalue weighted by Gasteiger charge is -2.13. The molecule has 0 bridgehead atoms. The third-order valence-electron chi connectivity index (χ3n) is 7.17. The van der Waals surface area contributed by atoms with E-state index in [1.54, 1.807) is 17.8 Å². The Kier molecular flexibility index (Phi) is 8.04. The number of benzene rings is 2. The van der Waals surface area contributed by atoms with E-state index >= 15 is 0 Å². The molecular formula is C32H36N4O. The Morgan fingerprint density at radius 2 is 1.86 bits per heavy atom. The zero-order chi connectivity index (χ0) is 26.5. The fourth-order valence-corrected chi connectivity index (χ4v) is 4.85. The molecule has 0 radical (unpaired) electrons. The molecule has 1 saturated heterocycles. The van der Waals surface area contributed by atoms with Crippen LogP contribution in [0.4, 0.5) is 5.69 Å². The monoisotopic (exact) mass is 492 g/mol. The fraction of sp³-hybridized carbons (Fsp3) is 0.250. The van der Waals surface area contributed by atoms with E-state index in [2.05, 4.69) is 65.7 Å². The van der Waals surface area contributed by atoms with Crippen LogP contribution in [0.3, 0.4) is 0 Å². The first-order valence-electron chi connectivity index (χ1n) is 12.7. The lowest BCUT2D eigenvalue weighted by atomic mass is 9.93. The summed E-state index contributed by atoms with van der Waals surface area (Å²) in [6.45, 7) is 18.0. The molecule has 2 heterocycles. The van der Waals surface area contributed by atoms with E-state index in [0.29, 0.717) is 16.8 Å². The van der Waals surface area contributed by atoms with E-state index in [4.69, 9.17) is 0 Å². The summed E-state index contributed by atoms with van der Waals surface area (Å²) in [4.78, 5) is 17.8. The molecule has 1 aliphatic rings. The van der Waals surface area contributed by atoms with Gasteiger partial charge in [-0.25, -0.2) is 4.99 Å². The highest BCUT2D eigenvalue weighted by molar-refractivity contribution is 5.94. The average Bonchev–Trinajstić information content (AvgIpc) is 3.44. The van der Waals surface area contributed by atoms with Crippen LogP contribution >= 0.6 is 0 Å². The average molecular weight is 493 g/mol. The fourth-order valence-electron chi connectivity index (χ4n) is 4.85. The van der Waals surface area contributed by atoms with E-state index in [0.717, 1.165) is 46.5 Å². The number of hydrogen-bond acceptors (Lipinski definition) is 3. The molecule has 0 spiro atoms. The number of nitrogens with zero attached hydrogens (tertiary/aromatic N) is 2. The maximum absolute atomic E-state index is 13.2. The number of hydrogen-bond donors (Lipinski definition) is 2. The Morgan fingerprint density at radius 3 is 2.49 bits per heavy atom. The van der Waals surface area contributed by atoms with Gasteiger partial charge in [-0.1, -0.05) is 49.1 Å². The lowest BCUT2D eigenvalue weighted by molar-refractivity contribution is 0.763. The molecule has 3 aromatic rings. The van der Waals surface area contributed by atoms with Crippen LogP contribution in [0.25, 0.3) is 23.9 Å². The second kappa shape index (κ2) is 11.4. The predicted molar refractivity (Wildman–Crippen MR) is 158 cm³/mol. The van der Waals surface area contributed by atoms with Crippen molar-refractivity contribution in [3.63, 3.8) is 0 Å². The highest BCUT2D eigenvalue weighted by Gasteiger charge is 2.16. The van der Waals surface area contributed by atoms with Crippen molar-refractivity contribution in [1.82, 2.24) is 9.88 Å². The Hall–Kier alpha value is -3.96. The summed E-state index contributed by atoms with van der Waals surface area (Å²) in [5.41, 5.74) is 5.90. The quantitative estimate of drug-likeness (QED) is 0.289. The van der Waals surface area contributed by atoms with Crippen LogP contribution in [0.1, 0.15) is 41.9 Å². The molecule has 2 N–H and O–H groups in total. The van der Waals surface area contributed by atoms with Gasteiger partial charge >= 0.3 is 0 Å². The summed E-state index contributed by atoms with van der Waals surface area (Å²) < 4.78 is 1.58. The van der Waals surface area contributed by atoms with Crippen molar-refractivity contribution >= 4 is 24.3 Å². The Bertz CT molecular complexity index is 1500. The van der Waals surface area contributed by atoms with E-state index in [-0.39, 0.29) is 11.5 Å². The number of anilines is 1. The van der Waals surface area contributed by atoms with Crippen molar-refractivity contribution in [2.45, 2.75) is 32.1 Å². The first-order valence-corrected chi connectivity index (χ1v) is 12.7. The Morgan fingerprint density at radius 1 is 1.14 bits per heavy atom. The molecular weight excluding hydrogens is 456 g/mol. The van der Waals surface area contributed by atoms with Gasteiger partial charge in [-0.05, 0) is 73.2 Å². The number of rotatable bonds is 7. The Balaban J connectivity index is 1.63. The standard InChI is InChI=1S/C32H36N4O/c1-7-24(8-2)26-11-14-30(21(3)17-26)31-18-28(22(4)36(6)32(31)37)20-34-23(5)35-29-12-9-25(10-13-29)27-15-16-33-19-27/h7-14,17-18,20,24,27,33H,1-2,4,15-16,19H2,3,5-6H3,(H,34,35)/b28-20-. The SMILES string of the molecule is C=CC(C=C)c1ccc(-c2c/c(=C/N=C(C)Nc3ccc(C4CCNC4)cc3)c(=C)n(C)c2=O)c(C)c1. The third kappa shape index (κ3) is 5.73. The number of aliphatic imine (C=N–C) groups is 1. The highest BCUT2D eigenvalue weighted by Crippen LogP contribution is 2.26. The van der Waals surface area contributed by atoms with Crippen molar-refractivity contribution in [3.05, 3.63) is 111 Å². The molecule has 5 nitrogen and oxygen atoms in total. The second-order valence-corrected chi connectivity index (χ2v) is 9.68. The highest BCUT2D eigenvalue weighted by atomic mass is 16.1. The molecule has 5 heteroatoms. The molecule has 190 valence electrons. The number of aromatic nitrogens is 1. The van der Waals surface area contributed by atoms with Crippen molar-refractivity contribution in [1.29, 1.82) is 0 Å². The summed E-state index contributed by atoms with van der Waals surface area (Å²) in [6, 6.07) is 16.6. The summed E-state index contributed by atoms with van der Waals surface area (Å²) in [7, 11) is 1.75. The number of pyridine rings is 1.